The molecule has 258 valence electrons. The fraction of sp³-hybridized carbons (Fsp3) is 0.237. The lowest BCUT2D eigenvalue weighted by Gasteiger charge is -2.34. The predicted molar refractivity (Wildman–Crippen MR) is 185 cm³/mol. The maximum atomic E-state index is 14.4. The van der Waals surface area contributed by atoms with Gasteiger partial charge in [0.2, 0.25) is 5.88 Å². The number of rotatable bonds is 9. The molecule has 1 fully saturated rings. The van der Waals surface area contributed by atoms with E-state index in [0.717, 1.165) is 53.7 Å². The SMILES string of the molecule is COc1ccc(C=CCN2CCN(C(=O)c3cc4cc(Oc5ccc(N(C)C(=O)c6cc(F)c(C)c(F)c6F)cn5)ccc4n3C)CC2)cc1. The number of ether oxygens (including phenoxy) is 2. The lowest BCUT2D eigenvalue weighted by Crippen LogP contribution is -2.48. The van der Waals surface area contributed by atoms with Crippen LogP contribution in [0.2, 0.25) is 0 Å². The van der Waals surface area contributed by atoms with Gasteiger partial charge < -0.3 is 23.8 Å². The van der Waals surface area contributed by atoms with Crippen LogP contribution < -0.4 is 14.4 Å². The minimum absolute atomic E-state index is 0.0356. The maximum absolute atomic E-state index is 14.4. The topological polar surface area (TPSA) is 80.1 Å². The van der Waals surface area contributed by atoms with Crippen molar-refractivity contribution in [3.63, 3.8) is 0 Å². The number of aryl methyl sites for hydroxylation is 1. The summed E-state index contributed by atoms with van der Waals surface area (Å²) in [6, 6.07) is 18.9. The molecule has 0 N–H and O–H groups in total. The van der Waals surface area contributed by atoms with Crippen molar-refractivity contribution in [3.8, 4) is 17.4 Å². The number of benzene rings is 3. The van der Waals surface area contributed by atoms with Crippen molar-refractivity contribution < 1.29 is 32.2 Å². The molecular weight excluding hydrogens is 647 g/mol. The normalized spacial score (nSPS) is 13.6. The van der Waals surface area contributed by atoms with E-state index in [9.17, 15) is 22.8 Å². The maximum Gasteiger partial charge on any atom is 0.270 e. The molecule has 0 aliphatic carbocycles. The molecule has 3 aromatic carbocycles. The lowest BCUT2D eigenvalue weighted by molar-refractivity contribution is 0.0641. The smallest absolute Gasteiger partial charge is 0.270 e. The number of halogens is 3. The molecule has 3 heterocycles. The van der Waals surface area contributed by atoms with Crippen molar-refractivity contribution in [2.45, 2.75) is 6.92 Å². The van der Waals surface area contributed by atoms with Crippen molar-refractivity contribution >= 4 is 34.5 Å². The highest BCUT2D eigenvalue weighted by Crippen LogP contribution is 2.29. The highest BCUT2D eigenvalue weighted by Gasteiger charge is 2.26. The van der Waals surface area contributed by atoms with Gasteiger partial charge in [-0.1, -0.05) is 24.3 Å². The molecule has 0 atom stereocenters. The van der Waals surface area contributed by atoms with Gasteiger partial charge in [0.05, 0.1) is 24.6 Å². The number of hydrogen-bond acceptors (Lipinski definition) is 6. The third kappa shape index (κ3) is 7.06. The molecule has 6 rings (SSSR count). The van der Waals surface area contributed by atoms with Gasteiger partial charge in [-0.05, 0) is 61.0 Å². The summed E-state index contributed by atoms with van der Waals surface area (Å²) in [6.45, 7) is 4.69. The number of piperazine rings is 1. The minimum Gasteiger partial charge on any atom is -0.497 e. The van der Waals surface area contributed by atoms with Crippen molar-refractivity contribution in [2.75, 3.05) is 51.8 Å². The lowest BCUT2D eigenvalue weighted by atomic mass is 10.1. The summed E-state index contributed by atoms with van der Waals surface area (Å²) in [5.74, 6) is -3.28. The quantitative estimate of drug-likeness (QED) is 0.158. The minimum atomic E-state index is -1.41. The first-order valence-corrected chi connectivity index (χ1v) is 16.0. The number of anilines is 1. The molecule has 12 heteroatoms. The van der Waals surface area contributed by atoms with Gasteiger partial charge in [0.25, 0.3) is 11.8 Å². The molecule has 2 amide bonds. The standard InChI is InChI=1S/C38H36F3N5O4/c1-24-31(39)22-30(36(41)35(24)40)37(47)43(2)27-9-14-34(42-23-27)50-29-12-13-32-26(20-29)21-33(44(32)3)38(48)46-18-16-45(17-19-46)15-5-6-25-7-10-28(49-4)11-8-25/h5-14,20-23H,15-19H2,1-4H3. The average Bonchev–Trinajstić information content (AvgIpc) is 3.47. The number of aromatic nitrogens is 2. The van der Waals surface area contributed by atoms with Crippen molar-refractivity contribution in [3.05, 3.63) is 119 Å². The fourth-order valence-corrected chi connectivity index (χ4v) is 5.84. The monoisotopic (exact) mass is 683 g/mol. The van der Waals surface area contributed by atoms with Crippen LogP contribution in [0.1, 0.15) is 32.0 Å². The summed E-state index contributed by atoms with van der Waals surface area (Å²) in [4.78, 5) is 35.9. The van der Waals surface area contributed by atoms with Crippen LogP contribution in [0, 0.1) is 24.4 Å². The Morgan fingerprint density at radius 3 is 2.32 bits per heavy atom. The Hall–Kier alpha value is -5.62. The molecule has 0 saturated carbocycles. The molecule has 1 aliphatic rings. The van der Waals surface area contributed by atoms with E-state index in [1.54, 1.807) is 13.2 Å². The van der Waals surface area contributed by atoms with E-state index < -0.39 is 34.5 Å². The van der Waals surface area contributed by atoms with E-state index >= 15 is 0 Å². The summed E-state index contributed by atoms with van der Waals surface area (Å²) in [7, 11) is 4.86. The number of nitrogens with zero attached hydrogens (tertiary/aromatic N) is 5. The largest absolute Gasteiger partial charge is 0.497 e. The first-order valence-electron chi connectivity index (χ1n) is 16.0. The van der Waals surface area contributed by atoms with Gasteiger partial charge in [-0.25, -0.2) is 18.2 Å². The second-order valence-corrected chi connectivity index (χ2v) is 12.1. The summed E-state index contributed by atoms with van der Waals surface area (Å²) >= 11 is 0. The molecule has 1 saturated heterocycles. The molecule has 2 aromatic heterocycles. The molecule has 5 aromatic rings. The van der Waals surface area contributed by atoms with Gasteiger partial charge in [0.15, 0.2) is 11.6 Å². The second kappa shape index (κ2) is 14.5. The van der Waals surface area contributed by atoms with Gasteiger partial charge in [-0.3, -0.25) is 14.5 Å². The van der Waals surface area contributed by atoms with Crippen LogP contribution in [0.25, 0.3) is 17.0 Å². The first-order chi connectivity index (χ1) is 24.0. The molecule has 0 unspecified atom stereocenters. The van der Waals surface area contributed by atoms with Gasteiger partial charge in [0, 0.05) is 69.4 Å². The summed E-state index contributed by atoms with van der Waals surface area (Å²) < 4.78 is 55.5. The van der Waals surface area contributed by atoms with Crippen LogP contribution in [-0.2, 0) is 7.05 Å². The zero-order valence-corrected chi connectivity index (χ0v) is 28.1. The summed E-state index contributed by atoms with van der Waals surface area (Å²) in [6.07, 6.45) is 5.55. The van der Waals surface area contributed by atoms with Crippen LogP contribution in [0.4, 0.5) is 18.9 Å². The number of carbonyl (C=O) groups excluding carboxylic acids is 2. The Balaban J connectivity index is 1.06. The molecule has 50 heavy (non-hydrogen) atoms. The molecule has 9 nitrogen and oxygen atoms in total. The number of pyridine rings is 1. The molecule has 0 radical (unpaired) electrons. The van der Waals surface area contributed by atoms with Crippen molar-refractivity contribution in [1.29, 1.82) is 0 Å². The molecule has 0 bridgehead atoms. The van der Waals surface area contributed by atoms with Crippen molar-refractivity contribution in [2.24, 2.45) is 7.05 Å². The Morgan fingerprint density at radius 2 is 1.64 bits per heavy atom. The first kappa shape index (κ1) is 34.3. The number of fused-ring (bicyclic) bond motifs is 1. The van der Waals surface area contributed by atoms with Crippen LogP contribution >= 0.6 is 0 Å². The Labute approximate surface area is 287 Å². The Bertz CT molecular complexity index is 2070. The highest BCUT2D eigenvalue weighted by molar-refractivity contribution is 6.06. The molecule has 0 spiro atoms. The summed E-state index contributed by atoms with van der Waals surface area (Å²) in [5.41, 5.74) is 1.58. The van der Waals surface area contributed by atoms with E-state index in [0.29, 0.717) is 30.6 Å². The van der Waals surface area contributed by atoms with Gasteiger partial charge >= 0.3 is 0 Å². The number of methoxy groups -OCH3 is 1. The van der Waals surface area contributed by atoms with E-state index in [2.05, 4.69) is 22.0 Å². The van der Waals surface area contributed by atoms with Crippen LogP contribution in [0.15, 0.2) is 79.0 Å². The highest BCUT2D eigenvalue weighted by atomic mass is 19.2. The average molecular weight is 684 g/mol. The Morgan fingerprint density at radius 1 is 0.920 bits per heavy atom. The number of carbonyl (C=O) groups is 2. The van der Waals surface area contributed by atoms with E-state index in [4.69, 9.17) is 9.47 Å². The van der Waals surface area contributed by atoms with Crippen LogP contribution in [0.5, 0.6) is 17.4 Å². The van der Waals surface area contributed by atoms with E-state index in [1.165, 1.54) is 25.4 Å². The number of hydrogen-bond donors (Lipinski definition) is 0. The van der Waals surface area contributed by atoms with Crippen molar-refractivity contribution in [1.82, 2.24) is 19.4 Å². The van der Waals surface area contributed by atoms with E-state index in [-0.39, 0.29) is 17.5 Å². The van der Waals surface area contributed by atoms with Gasteiger partial charge in [-0.2, -0.15) is 0 Å². The van der Waals surface area contributed by atoms with Crippen LogP contribution in [-0.4, -0.2) is 78.0 Å². The zero-order valence-electron chi connectivity index (χ0n) is 28.1. The summed E-state index contributed by atoms with van der Waals surface area (Å²) in [5, 5.41) is 0.817. The van der Waals surface area contributed by atoms with E-state index in [1.807, 2.05) is 59.0 Å². The number of amides is 2. The predicted octanol–water partition coefficient (Wildman–Crippen LogP) is 6.85. The third-order valence-corrected chi connectivity index (χ3v) is 8.94. The zero-order chi connectivity index (χ0) is 35.5. The van der Waals surface area contributed by atoms with Crippen LogP contribution in [0.3, 0.4) is 0 Å². The third-order valence-electron chi connectivity index (χ3n) is 8.94. The van der Waals surface area contributed by atoms with Gasteiger partial charge in [0.1, 0.15) is 23.0 Å². The second-order valence-electron chi connectivity index (χ2n) is 12.1. The van der Waals surface area contributed by atoms with Gasteiger partial charge in [-0.15, -0.1) is 0 Å². The molecule has 1 aliphatic heterocycles. The fourth-order valence-electron chi connectivity index (χ4n) is 5.84. The molecular formula is C38H36F3N5O4. The Kier molecular flexibility index (Phi) is 9.91.